The van der Waals surface area contributed by atoms with E-state index in [1.54, 1.807) is 6.07 Å². The molecular formula is C38H32F8O. The highest BCUT2D eigenvalue weighted by Crippen LogP contribution is 2.41. The van der Waals surface area contributed by atoms with Crippen molar-refractivity contribution in [1.29, 1.82) is 0 Å². The minimum Gasteiger partial charge on any atom is -0.429 e. The molecule has 0 N–H and O–H groups in total. The summed E-state index contributed by atoms with van der Waals surface area (Å²) in [5.74, 6) is -7.75. The van der Waals surface area contributed by atoms with Crippen LogP contribution in [0, 0.1) is 40.8 Å². The fraction of sp³-hybridized carbons (Fsp3) is 0.263. The normalized spacial score (nSPS) is 16.9. The molecule has 246 valence electrons. The molecule has 0 amide bonds. The van der Waals surface area contributed by atoms with Crippen LogP contribution >= 0.6 is 0 Å². The molecule has 0 heterocycles. The molecule has 1 aliphatic carbocycles. The van der Waals surface area contributed by atoms with Crippen molar-refractivity contribution in [3.63, 3.8) is 0 Å². The number of rotatable bonds is 10. The maximum atomic E-state index is 15.3. The number of halogens is 8. The van der Waals surface area contributed by atoms with Crippen molar-refractivity contribution in [2.45, 2.75) is 57.5 Å². The number of benzene rings is 4. The topological polar surface area (TPSA) is 9.23 Å². The summed E-state index contributed by atoms with van der Waals surface area (Å²) in [4.78, 5) is 0. The van der Waals surface area contributed by atoms with Crippen LogP contribution in [0.2, 0.25) is 0 Å². The standard InChI is InChI=1S/C38H32F8O/c1-3-5-6-7-22-8-10-23(11-9-22)24-12-14-29(31(39)16-24)25-13-15-30(32(40)17-25)26-18-35(43)37(36(44)19-26)38(45,46)47-27-20-33(41)28(4-2)34(42)21-27/h3-5,12-23H,2,6-11H2,1H3. The van der Waals surface area contributed by atoms with Gasteiger partial charge in [-0.25, -0.2) is 26.3 Å². The van der Waals surface area contributed by atoms with Crippen molar-refractivity contribution in [3.8, 4) is 28.0 Å². The van der Waals surface area contributed by atoms with E-state index in [9.17, 15) is 26.3 Å². The zero-order valence-corrected chi connectivity index (χ0v) is 25.5. The average molecular weight is 657 g/mol. The van der Waals surface area contributed by atoms with Gasteiger partial charge in [0.25, 0.3) is 0 Å². The third-order valence-corrected chi connectivity index (χ3v) is 8.72. The Morgan fingerprint density at radius 3 is 1.87 bits per heavy atom. The molecule has 0 radical (unpaired) electrons. The van der Waals surface area contributed by atoms with E-state index >= 15 is 8.78 Å². The summed E-state index contributed by atoms with van der Waals surface area (Å²) in [5, 5.41) is 0. The predicted octanol–water partition coefficient (Wildman–Crippen LogP) is 12.3. The molecule has 0 atom stereocenters. The summed E-state index contributed by atoms with van der Waals surface area (Å²) in [6, 6.07) is 10.2. The Morgan fingerprint density at radius 1 is 0.723 bits per heavy atom. The number of hydrogen-bond acceptors (Lipinski definition) is 1. The van der Waals surface area contributed by atoms with Gasteiger partial charge in [-0.2, -0.15) is 8.78 Å². The zero-order valence-electron chi connectivity index (χ0n) is 25.5. The van der Waals surface area contributed by atoms with Gasteiger partial charge in [-0.1, -0.05) is 49.1 Å². The van der Waals surface area contributed by atoms with Crippen molar-refractivity contribution in [2.24, 2.45) is 5.92 Å². The molecule has 1 saturated carbocycles. The number of alkyl halides is 2. The van der Waals surface area contributed by atoms with Gasteiger partial charge in [0.05, 0.1) is 0 Å². The fourth-order valence-corrected chi connectivity index (χ4v) is 6.24. The summed E-state index contributed by atoms with van der Waals surface area (Å²) >= 11 is 0. The molecular weight excluding hydrogens is 624 g/mol. The quantitative estimate of drug-likeness (QED) is 0.122. The van der Waals surface area contributed by atoms with Crippen molar-refractivity contribution in [3.05, 3.63) is 131 Å². The zero-order chi connectivity index (χ0) is 33.9. The largest absolute Gasteiger partial charge is 0.432 e. The molecule has 0 aromatic heterocycles. The van der Waals surface area contributed by atoms with Gasteiger partial charge in [0.2, 0.25) is 0 Å². The van der Waals surface area contributed by atoms with E-state index in [4.69, 9.17) is 0 Å². The molecule has 4 aromatic rings. The Kier molecular flexibility index (Phi) is 10.2. The van der Waals surface area contributed by atoms with Crippen molar-refractivity contribution in [2.75, 3.05) is 0 Å². The highest BCUT2D eigenvalue weighted by molar-refractivity contribution is 5.72. The first kappa shape index (κ1) is 33.9. The molecule has 5 rings (SSSR count). The van der Waals surface area contributed by atoms with E-state index in [0.717, 1.165) is 56.2 Å². The molecule has 0 aliphatic heterocycles. The van der Waals surface area contributed by atoms with E-state index in [1.807, 2.05) is 13.0 Å². The first-order valence-electron chi connectivity index (χ1n) is 15.3. The van der Waals surface area contributed by atoms with Gasteiger partial charge in [0, 0.05) is 28.8 Å². The first-order valence-corrected chi connectivity index (χ1v) is 15.3. The maximum absolute atomic E-state index is 15.3. The predicted molar refractivity (Wildman–Crippen MR) is 167 cm³/mol. The Morgan fingerprint density at radius 2 is 1.30 bits per heavy atom. The van der Waals surface area contributed by atoms with Gasteiger partial charge in [-0.05, 0) is 98.2 Å². The lowest BCUT2D eigenvalue weighted by Gasteiger charge is -2.28. The first-order chi connectivity index (χ1) is 22.4. The lowest BCUT2D eigenvalue weighted by atomic mass is 9.77. The number of allylic oxidation sites excluding steroid dienone is 2. The van der Waals surface area contributed by atoms with Crippen LogP contribution in [0.1, 0.15) is 68.1 Å². The summed E-state index contributed by atoms with van der Waals surface area (Å²) in [7, 11) is 0. The van der Waals surface area contributed by atoms with Crippen LogP contribution in [0.4, 0.5) is 35.1 Å². The maximum Gasteiger partial charge on any atom is 0.432 e. The minimum atomic E-state index is -4.70. The van der Waals surface area contributed by atoms with Gasteiger partial charge in [0.1, 0.15) is 46.2 Å². The van der Waals surface area contributed by atoms with Crippen LogP contribution in [0.15, 0.2) is 79.4 Å². The second-order valence-corrected chi connectivity index (χ2v) is 11.7. The SMILES string of the molecule is C=Cc1c(F)cc(OC(F)(F)c2c(F)cc(-c3ccc(-c4ccc(C5CCC(CCC=CC)CC5)cc4F)cc3F)cc2F)cc1F. The van der Waals surface area contributed by atoms with Crippen molar-refractivity contribution >= 4 is 6.08 Å². The Balaban J connectivity index is 1.33. The highest BCUT2D eigenvalue weighted by atomic mass is 19.3. The van der Waals surface area contributed by atoms with E-state index in [1.165, 1.54) is 18.2 Å². The number of ether oxygens (including phenoxy) is 1. The molecule has 1 aliphatic rings. The fourth-order valence-electron chi connectivity index (χ4n) is 6.24. The van der Waals surface area contributed by atoms with Gasteiger partial charge >= 0.3 is 6.11 Å². The van der Waals surface area contributed by atoms with Crippen molar-refractivity contribution in [1.82, 2.24) is 0 Å². The molecule has 1 nitrogen and oxygen atoms in total. The molecule has 0 unspecified atom stereocenters. The van der Waals surface area contributed by atoms with Crippen LogP contribution in [-0.4, -0.2) is 0 Å². The Bertz CT molecular complexity index is 1760. The summed E-state index contributed by atoms with van der Waals surface area (Å²) in [6.07, 6.45) is 6.64. The van der Waals surface area contributed by atoms with Crippen molar-refractivity contribution < 1.29 is 39.9 Å². The van der Waals surface area contributed by atoms with E-state index in [2.05, 4.69) is 23.5 Å². The lowest BCUT2D eigenvalue weighted by Crippen LogP contribution is -2.25. The van der Waals surface area contributed by atoms with E-state index in [-0.39, 0.29) is 22.6 Å². The lowest BCUT2D eigenvalue weighted by molar-refractivity contribution is -0.189. The molecule has 4 aromatic carbocycles. The average Bonchev–Trinajstić information content (AvgIpc) is 3.00. The third kappa shape index (κ3) is 7.45. The van der Waals surface area contributed by atoms with Crippen LogP contribution < -0.4 is 4.74 Å². The molecule has 0 spiro atoms. The van der Waals surface area contributed by atoms with Crippen LogP contribution in [0.5, 0.6) is 5.75 Å². The molecule has 47 heavy (non-hydrogen) atoms. The minimum absolute atomic E-state index is 0.137. The summed E-state index contributed by atoms with van der Waals surface area (Å²) in [5.41, 5.74) is -1.97. The van der Waals surface area contributed by atoms with Gasteiger partial charge in [-0.15, -0.1) is 0 Å². The molecule has 1 fully saturated rings. The smallest absolute Gasteiger partial charge is 0.429 e. The molecule has 9 heteroatoms. The van der Waals surface area contributed by atoms with E-state index < -0.39 is 63.5 Å². The number of hydrogen-bond donors (Lipinski definition) is 0. The third-order valence-electron chi connectivity index (χ3n) is 8.72. The van der Waals surface area contributed by atoms with Crippen LogP contribution in [-0.2, 0) is 6.11 Å². The van der Waals surface area contributed by atoms with E-state index in [0.29, 0.717) is 30.2 Å². The van der Waals surface area contributed by atoms with Gasteiger partial charge in [-0.3, -0.25) is 0 Å². The van der Waals surface area contributed by atoms with Crippen LogP contribution in [0.3, 0.4) is 0 Å². The molecule has 0 bridgehead atoms. The summed E-state index contributed by atoms with van der Waals surface area (Å²) < 4.78 is 122. The Hall–Kier alpha value is -4.40. The summed E-state index contributed by atoms with van der Waals surface area (Å²) in [6.45, 7) is 5.21. The van der Waals surface area contributed by atoms with Crippen LogP contribution in [0.25, 0.3) is 28.3 Å². The Labute approximate surface area is 268 Å². The van der Waals surface area contributed by atoms with Gasteiger partial charge in [0.15, 0.2) is 0 Å². The monoisotopic (exact) mass is 656 g/mol. The van der Waals surface area contributed by atoms with Gasteiger partial charge < -0.3 is 4.74 Å². The second kappa shape index (κ2) is 14.2. The highest BCUT2D eigenvalue weighted by Gasteiger charge is 2.41. The molecule has 0 saturated heterocycles. The second-order valence-electron chi connectivity index (χ2n) is 11.7.